The molecule has 0 radical (unpaired) electrons. The fraction of sp³-hybridized carbons (Fsp3) is 0. The van der Waals surface area contributed by atoms with Crippen molar-refractivity contribution in [2.24, 2.45) is 0 Å². The van der Waals surface area contributed by atoms with Gasteiger partial charge in [0.05, 0.1) is 16.1 Å². The van der Waals surface area contributed by atoms with Crippen molar-refractivity contribution in [3.05, 3.63) is 93.5 Å². The van der Waals surface area contributed by atoms with Crippen molar-refractivity contribution >= 4 is 40.0 Å². The Balaban J connectivity index is 1.62. The maximum atomic E-state index is 12.3. The number of non-ortho nitro benzene ring substituents is 1. The lowest BCUT2D eigenvalue weighted by molar-refractivity contribution is -0.384. The highest BCUT2D eigenvalue weighted by molar-refractivity contribution is 6.31. The number of fused-ring (bicyclic) bond motifs is 1. The van der Waals surface area contributed by atoms with Crippen LogP contribution in [0.25, 0.3) is 22.2 Å². The van der Waals surface area contributed by atoms with Crippen molar-refractivity contribution in [2.45, 2.75) is 0 Å². The molecule has 9 heteroatoms. The number of nitro groups is 1. The quantitative estimate of drug-likeness (QED) is 0.361. The van der Waals surface area contributed by atoms with Gasteiger partial charge < -0.3 is 0 Å². The van der Waals surface area contributed by atoms with Crippen LogP contribution in [-0.2, 0) is 0 Å². The van der Waals surface area contributed by atoms with Crippen LogP contribution in [0.15, 0.2) is 72.8 Å². The molecule has 0 aliphatic carbocycles. The lowest BCUT2D eigenvalue weighted by Crippen LogP contribution is -2.30. The summed E-state index contributed by atoms with van der Waals surface area (Å²) in [5, 5.41) is 12.1. The van der Waals surface area contributed by atoms with E-state index in [1.807, 2.05) is 30.3 Å². The Morgan fingerprint density at radius 1 is 0.967 bits per heavy atom. The molecule has 0 bridgehead atoms. The van der Waals surface area contributed by atoms with E-state index in [-0.39, 0.29) is 17.2 Å². The van der Waals surface area contributed by atoms with Crippen molar-refractivity contribution in [1.29, 1.82) is 0 Å². The molecule has 0 atom stereocenters. The Hall–Kier alpha value is -4.04. The van der Waals surface area contributed by atoms with E-state index in [9.17, 15) is 14.9 Å². The number of nitrogens with zero attached hydrogens (tertiary/aromatic N) is 3. The molecule has 0 saturated carbocycles. The summed E-state index contributed by atoms with van der Waals surface area (Å²) in [6, 6.07) is 20.1. The monoisotopic (exact) mass is 419 g/mol. The van der Waals surface area contributed by atoms with Crippen molar-refractivity contribution < 1.29 is 9.72 Å². The number of hydrogen-bond donors (Lipinski definition) is 2. The van der Waals surface area contributed by atoms with E-state index in [4.69, 9.17) is 11.6 Å². The fourth-order valence-corrected chi connectivity index (χ4v) is 3.06. The van der Waals surface area contributed by atoms with Gasteiger partial charge in [-0.15, -0.1) is 0 Å². The zero-order valence-corrected chi connectivity index (χ0v) is 16.1. The molecule has 1 heterocycles. The van der Waals surface area contributed by atoms with Crippen LogP contribution in [0, 0.1) is 10.1 Å². The Labute approximate surface area is 175 Å². The van der Waals surface area contributed by atoms with Gasteiger partial charge in [0.2, 0.25) is 5.95 Å². The standard InChI is InChI=1S/C21H14ClN5O3/c22-15-8-11-18-17(12-15)19(13-4-2-1-3-5-13)24-21(23-18)26-25-20(28)14-6-9-16(10-7-14)27(29)30/h1-12H,(H,25,28)(H,23,24,26). The summed E-state index contributed by atoms with van der Waals surface area (Å²) in [5.74, 6) is -0.287. The Bertz CT molecular complexity index is 1250. The van der Waals surface area contributed by atoms with Crippen molar-refractivity contribution in [3.8, 4) is 11.3 Å². The number of carbonyl (C=O) groups excluding carboxylic acids is 1. The average molecular weight is 420 g/mol. The number of hydrogen-bond acceptors (Lipinski definition) is 6. The molecule has 148 valence electrons. The van der Waals surface area contributed by atoms with E-state index in [0.29, 0.717) is 16.2 Å². The van der Waals surface area contributed by atoms with Gasteiger partial charge in [-0.05, 0) is 30.3 Å². The van der Waals surface area contributed by atoms with Crippen molar-refractivity contribution in [3.63, 3.8) is 0 Å². The van der Waals surface area contributed by atoms with E-state index in [1.54, 1.807) is 18.2 Å². The van der Waals surface area contributed by atoms with Gasteiger partial charge in [-0.2, -0.15) is 0 Å². The van der Waals surface area contributed by atoms with Crippen LogP contribution >= 0.6 is 11.6 Å². The van der Waals surface area contributed by atoms with Crippen molar-refractivity contribution in [2.75, 3.05) is 5.43 Å². The number of halogens is 1. The minimum atomic E-state index is -0.528. The van der Waals surface area contributed by atoms with Crippen LogP contribution in [0.5, 0.6) is 0 Å². The molecule has 4 rings (SSSR count). The summed E-state index contributed by atoms with van der Waals surface area (Å²) < 4.78 is 0. The SMILES string of the molecule is O=C(NNc1nc(-c2ccccc2)c2cc(Cl)ccc2n1)c1ccc([N+](=O)[O-])cc1. The van der Waals surface area contributed by atoms with Crippen LogP contribution < -0.4 is 10.9 Å². The fourth-order valence-electron chi connectivity index (χ4n) is 2.89. The molecule has 1 aromatic heterocycles. The molecular weight excluding hydrogens is 406 g/mol. The van der Waals surface area contributed by atoms with Crippen LogP contribution in [0.1, 0.15) is 10.4 Å². The molecule has 0 aliphatic rings. The summed E-state index contributed by atoms with van der Waals surface area (Å²) in [6.07, 6.45) is 0. The number of nitro benzene ring substituents is 1. The number of amides is 1. The van der Waals surface area contributed by atoms with E-state index >= 15 is 0 Å². The van der Waals surface area contributed by atoms with Gasteiger partial charge in [-0.1, -0.05) is 41.9 Å². The Kier molecular flexibility index (Phi) is 5.23. The number of carbonyl (C=O) groups is 1. The first kappa shape index (κ1) is 19.3. The molecule has 0 fully saturated rings. The van der Waals surface area contributed by atoms with Crippen LogP contribution in [0.4, 0.5) is 11.6 Å². The molecule has 0 saturated heterocycles. The lowest BCUT2D eigenvalue weighted by Gasteiger charge is -2.11. The largest absolute Gasteiger partial charge is 0.269 e. The van der Waals surface area contributed by atoms with E-state index in [0.717, 1.165) is 10.9 Å². The highest BCUT2D eigenvalue weighted by Gasteiger charge is 2.13. The second-order valence-corrected chi connectivity index (χ2v) is 6.74. The number of hydrazine groups is 1. The second-order valence-electron chi connectivity index (χ2n) is 6.31. The molecule has 30 heavy (non-hydrogen) atoms. The zero-order chi connectivity index (χ0) is 21.1. The Morgan fingerprint density at radius 3 is 2.40 bits per heavy atom. The molecule has 1 amide bonds. The molecule has 8 nitrogen and oxygen atoms in total. The summed E-state index contributed by atoms with van der Waals surface area (Å²) >= 11 is 6.15. The topological polar surface area (TPSA) is 110 Å². The minimum Gasteiger partial charge on any atom is -0.267 e. The normalized spacial score (nSPS) is 10.6. The number of anilines is 1. The second kappa shape index (κ2) is 8.14. The number of nitrogens with one attached hydrogen (secondary N) is 2. The first-order valence-electron chi connectivity index (χ1n) is 8.85. The smallest absolute Gasteiger partial charge is 0.267 e. The summed E-state index contributed by atoms with van der Waals surface area (Å²) in [5.41, 5.74) is 7.56. The number of benzene rings is 3. The molecule has 4 aromatic rings. The van der Waals surface area contributed by atoms with Crippen LogP contribution in [0.2, 0.25) is 5.02 Å². The third-order valence-corrected chi connectivity index (χ3v) is 4.57. The average Bonchev–Trinajstić information content (AvgIpc) is 2.77. The van der Waals surface area contributed by atoms with E-state index in [1.165, 1.54) is 24.3 Å². The van der Waals surface area contributed by atoms with Gasteiger partial charge in [-0.25, -0.2) is 9.97 Å². The van der Waals surface area contributed by atoms with Gasteiger partial charge in [0.1, 0.15) is 0 Å². The number of rotatable bonds is 5. The van der Waals surface area contributed by atoms with Gasteiger partial charge in [-0.3, -0.25) is 25.8 Å². The maximum absolute atomic E-state index is 12.3. The first-order valence-corrected chi connectivity index (χ1v) is 9.22. The van der Waals surface area contributed by atoms with E-state index < -0.39 is 10.8 Å². The molecule has 0 unspecified atom stereocenters. The summed E-state index contributed by atoms with van der Waals surface area (Å²) in [7, 11) is 0. The van der Waals surface area contributed by atoms with Crippen LogP contribution in [0.3, 0.4) is 0 Å². The molecule has 2 N–H and O–H groups in total. The predicted molar refractivity (Wildman–Crippen MR) is 114 cm³/mol. The van der Waals surface area contributed by atoms with E-state index in [2.05, 4.69) is 20.8 Å². The zero-order valence-electron chi connectivity index (χ0n) is 15.4. The predicted octanol–water partition coefficient (Wildman–Crippen LogP) is 4.62. The highest BCUT2D eigenvalue weighted by Crippen LogP contribution is 2.29. The maximum Gasteiger partial charge on any atom is 0.269 e. The summed E-state index contributed by atoms with van der Waals surface area (Å²) in [6.45, 7) is 0. The van der Waals surface area contributed by atoms with Gasteiger partial charge in [0, 0.05) is 33.7 Å². The van der Waals surface area contributed by atoms with Gasteiger partial charge in [0.15, 0.2) is 0 Å². The minimum absolute atomic E-state index is 0.0939. The lowest BCUT2D eigenvalue weighted by atomic mass is 10.1. The third kappa shape index (κ3) is 4.03. The Morgan fingerprint density at radius 2 is 1.70 bits per heavy atom. The molecule has 0 aliphatic heterocycles. The molecule has 0 spiro atoms. The molecule has 3 aromatic carbocycles. The van der Waals surface area contributed by atoms with Crippen molar-refractivity contribution in [1.82, 2.24) is 15.4 Å². The summed E-state index contributed by atoms with van der Waals surface area (Å²) in [4.78, 5) is 31.5. The van der Waals surface area contributed by atoms with Gasteiger partial charge in [0.25, 0.3) is 11.6 Å². The first-order chi connectivity index (χ1) is 14.5. The van der Waals surface area contributed by atoms with Gasteiger partial charge >= 0.3 is 0 Å². The van der Waals surface area contributed by atoms with Crippen LogP contribution in [-0.4, -0.2) is 20.8 Å². The molecular formula is C21H14ClN5O3. The third-order valence-electron chi connectivity index (χ3n) is 4.33. The highest BCUT2D eigenvalue weighted by atomic mass is 35.5. The number of aromatic nitrogens is 2.